The van der Waals surface area contributed by atoms with E-state index in [1.54, 1.807) is 6.07 Å². The molecule has 2 aromatic carbocycles. The summed E-state index contributed by atoms with van der Waals surface area (Å²) in [5.41, 5.74) is 3.02. The standard InChI is InChI=1S/C19H17FN2O/c20-16-5-4-8-18(13-16)21-10-9-15(14-21)19-22(11-12-23-19)17-6-2-1-3-7-17/h1-10,13-14,19H,11-12H2/t19-/m0/s1. The van der Waals surface area contributed by atoms with Crippen molar-refractivity contribution >= 4 is 5.69 Å². The largest absolute Gasteiger partial charge is 0.352 e. The van der Waals surface area contributed by atoms with Crippen LogP contribution in [0.1, 0.15) is 11.8 Å². The summed E-state index contributed by atoms with van der Waals surface area (Å²) in [5, 5.41) is 0. The highest BCUT2D eigenvalue weighted by Crippen LogP contribution is 2.32. The molecule has 2 heterocycles. The molecule has 1 saturated heterocycles. The van der Waals surface area contributed by atoms with Crippen LogP contribution in [0.5, 0.6) is 0 Å². The summed E-state index contributed by atoms with van der Waals surface area (Å²) in [6.45, 7) is 1.56. The summed E-state index contributed by atoms with van der Waals surface area (Å²) in [6, 6.07) is 18.8. The van der Waals surface area contributed by atoms with Crippen LogP contribution in [-0.2, 0) is 4.74 Å². The summed E-state index contributed by atoms with van der Waals surface area (Å²) in [6.07, 6.45) is 3.84. The molecule has 4 heteroatoms. The predicted octanol–water partition coefficient (Wildman–Crippen LogP) is 4.15. The number of anilines is 1. The van der Waals surface area contributed by atoms with E-state index in [2.05, 4.69) is 17.0 Å². The van der Waals surface area contributed by atoms with Gasteiger partial charge in [0.1, 0.15) is 5.82 Å². The summed E-state index contributed by atoms with van der Waals surface area (Å²) >= 11 is 0. The molecule has 0 N–H and O–H groups in total. The Labute approximate surface area is 134 Å². The van der Waals surface area contributed by atoms with Crippen LogP contribution in [0.4, 0.5) is 10.1 Å². The number of aromatic nitrogens is 1. The fourth-order valence-electron chi connectivity index (χ4n) is 2.99. The van der Waals surface area contributed by atoms with Crippen LogP contribution in [0.25, 0.3) is 5.69 Å². The van der Waals surface area contributed by atoms with Gasteiger partial charge in [0.2, 0.25) is 0 Å². The maximum absolute atomic E-state index is 13.4. The number of rotatable bonds is 3. The molecule has 0 amide bonds. The van der Waals surface area contributed by atoms with Crippen molar-refractivity contribution in [3.8, 4) is 5.69 Å². The lowest BCUT2D eigenvalue weighted by molar-refractivity contribution is 0.114. The van der Waals surface area contributed by atoms with Crippen LogP contribution in [0.2, 0.25) is 0 Å². The summed E-state index contributed by atoms with van der Waals surface area (Å²) in [7, 11) is 0. The van der Waals surface area contributed by atoms with Gasteiger partial charge in [-0.25, -0.2) is 4.39 Å². The van der Waals surface area contributed by atoms with E-state index in [0.717, 1.165) is 23.5 Å². The van der Waals surface area contributed by atoms with Gasteiger partial charge < -0.3 is 14.2 Å². The second-order valence-corrected chi connectivity index (χ2v) is 5.58. The quantitative estimate of drug-likeness (QED) is 0.723. The van der Waals surface area contributed by atoms with Crippen molar-refractivity contribution in [3.05, 3.63) is 84.4 Å². The predicted molar refractivity (Wildman–Crippen MR) is 88.2 cm³/mol. The third kappa shape index (κ3) is 2.73. The maximum atomic E-state index is 13.4. The van der Waals surface area contributed by atoms with Gasteiger partial charge in [0.25, 0.3) is 0 Å². The van der Waals surface area contributed by atoms with Crippen molar-refractivity contribution in [2.24, 2.45) is 0 Å². The van der Waals surface area contributed by atoms with E-state index in [1.165, 1.54) is 12.1 Å². The van der Waals surface area contributed by atoms with Crippen molar-refractivity contribution in [2.45, 2.75) is 6.23 Å². The minimum absolute atomic E-state index is 0.104. The Kier molecular flexibility index (Phi) is 3.60. The molecular weight excluding hydrogens is 291 g/mol. The number of para-hydroxylation sites is 1. The lowest BCUT2D eigenvalue weighted by atomic mass is 10.2. The first-order valence-electron chi connectivity index (χ1n) is 7.68. The zero-order valence-corrected chi connectivity index (χ0v) is 12.6. The second-order valence-electron chi connectivity index (χ2n) is 5.58. The van der Waals surface area contributed by atoms with Gasteiger partial charge in [0, 0.05) is 35.9 Å². The highest BCUT2D eigenvalue weighted by atomic mass is 19.1. The molecule has 0 radical (unpaired) electrons. The number of hydrogen-bond acceptors (Lipinski definition) is 2. The highest BCUT2D eigenvalue weighted by molar-refractivity contribution is 5.49. The molecule has 0 spiro atoms. The average Bonchev–Trinajstić information content (AvgIpc) is 3.25. The van der Waals surface area contributed by atoms with E-state index < -0.39 is 0 Å². The number of ether oxygens (including phenoxy) is 1. The van der Waals surface area contributed by atoms with E-state index in [9.17, 15) is 4.39 Å². The van der Waals surface area contributed by atoms with Crippen molar-refractivity contribution in [2.75, 3.05) is 18.1 Å². The number of hydrogen-bond donors (Lipinski definition) is 0. The van der Waals surface area contributed by atoms with Crippen LogP contribution in [0, 0.1) is 5.82 Å². The summed E-state index contributed by atoms with van der Waals surface area (Å²) in [4.78, 5) is 2.24. The fraction of sp³-hybridized carbons (Fsp3) is 0.158. The van der Waals surface area contributed by atoms with Gasteiger partial charge in [-0.2, -0.15) is 0 Å². The van der Waals surface area contributed by atoms with E-state index >= 15 is 0 Å². The van der Waals surface area contributed by atoms with E-state index in [0.29, 0.717) is 6.61 Å². The van der Waals surface area contributed by atoms with Crippen LogP contribution in [-0.4, -0.2) is 17.7 Å². The van der Waals surface area contributed by atoms with Gasteiger partial charge in [0.15, 0.2) is 6.23 Å². The smallest absolute Gasteiger partial charge is 0.158 e. The average molecular weight is 308 g/mol. The van der Waals surface area contributed by atoms with Crippen LogP contribution >= 0.6 is 0 Å². The molecule has 1 aromatic heterocycles. The van der Waals surface area contributed by atoms with Crippen molar-refractivity contribution in [3.63, 3.8) is 0 Å². The summed E-state index contributed by atoms with van der Waals surface area (Å²) < 4.78 is 21.2. The first-order valence-corrected chi connectivity index (χ1v) is 7.68. The first kappa shape index (κ1) is 14.0. The lowest BCUT2D eigenvalue weighted by Gasteiger charge is -2.24. The van der Waals surface area contributed by atoms with Gasteiger partial charge in [-0.1, -0.05) is 24.3 Å². The van der Waals surface area contributed by atoms with E-state index in [1.807, 2.05) is 47.3 Å². The van der Waals surface area contributed by atoms with E-state index in [4.69, 9.17) is 4.74 Å². The van der Waals surface area contributed by atoms with Crippen LogP contribution in [0.3, 0.4) is 0 Å². The maximum Gasteiger partial charge on any atom is 0.158 e. The Hall–Kier alpha value is -2.59. The zero-order valence-electron chi connectivity index (χ0n) is 12.6. The molecular formula is C19H17FN2O. The molecule has 1 atom stereocenters. The van der Waals surface area contributed by atoms with Gasteiger partial charge >= 0.3 is 0 Å². The molecule has 1 aliphatic rings. The topological polar surface area (TPSA) is 17.4 Å². The minimum Gasteiger partial charge on any atom is -0.352 e. The van der Waals surface area contributed by atoms with Crippen LogP contribution in [0.15, 0.2) is 73.1 Å². The third-order valence-electron chi connectivity index (χ3n) is 4.09. The van der Waals surface area contributed by atoms with Crippen LogP contribution < -0.4 is 4.90 Å². The zero-order chi connectivity index (χ0) is 15.6. The molecule has 0 unspecified atom stereocenters. The molecule has 23 heavy (non-hydrogen) atoms. The minimum atomic E-state index is -0.235. The van der Waals surface area contributed by atoms with E-state index in [-0.39, 0.29) is 12.0 Å². The Morgan fingerprint density at radius 3 is 2.61 bits per heavy atom. The van der Waals surface area contributed by atoms with Crippen molar-refractivity contribution in [1.29, 1.82) is 0 Å². The molecule has 0 bridgehead atoms. The molecule has 1 aliphatic heterocycles. The monoisotopic (exact) mass is 308 g/mol. The summed E-state index contributed by atoms with van der Waals surface area (Å²) in [5.74, 6) is -0.235. The number of benzene rings is 2. The first-order chi connectivity index (χ1) is 11.3. The van der Waals surface area contributed by atoms with Gasteiger partial charge in [0.05, 0.1) is 6.61 Å². The molecule has 3 aromatic rings. The van der Waals surface area contributed by atoms with Gasteiger partial charge in [-0.05, 0) is 36.4 Å². The molecule has 0 aliphatic carbocycles. The Morgan fingerprint density at radius 1 is 0.957 bits per heavy atom. The Morgan fingerprint density at radius 2 is 1.78 bits per heavy atom. The highest BCUT2D eigenvalue weighted by Gasteiger charge is 2.27. The normalized spacial score (nSPS) is 17.6. The lowest BCUT2D eigenvalue weighted by Crippen LogP contribution is -2.22. The van der Waals surface area contributed by atoms with Gasteiger partial charge in [-0.3, -0.25) is 0 Å². The van der Waals surface area contributed by atoms with Gasteiger partial charge in [-0.15, -0.1) is 0 Å². The molecule has 4 rings (SSSR count). The third-order valence-corrected chi connectivity index (χ3v) is 4.09. The SMILES string of the molecule is Fc1cccc(-n2ccc([C@@H]3OCCN3c3ccccc3)c2)c1. The van der Waals surface area contributed by atoms with Crippen molar-refractivity contribution < 1.29 is 9.13 Å². The Balaban J connectivity index is 1.63. The molecule has 1 fully saturated rings. The second kappa shape index (κ2) is 5.89. The Bertz CT molecular complexity index is 800. The molecule has 116 valence electrons. The number of nitrogens with zero attached hydrogens (tertiary/aromatic N) is 2. The van der Waals surface area contributed by atoms with Crippen molar-refractivity contribution in [1.82, 2.24) is 4.57 Å². The number of halogens is 1. The fourth-order valence-corrected chi connectivity index (χ4v) is 2.99. The molecule has 0 saturated carbocycles. The molecule has 3 nitrogen and oxygen atoms in total.